The van der Waals surface area contributed by atoms with Crippen molar-refractivity contribution in [3.05, 3.63) is 0 Å². The number of fused-ring (bicyclic) bond motifs is 1. The molecule has 0 heterocycles. The zero-order chi connectivity index (χ0) is 11.3. The average molecular weight is 210 g/mol. The minimum absolute atomic E-state index is 0.0433. The summed E-state index contributed by atoms with van der Waals surface area (Å²) in [5, 5.41) is 0. The third kappa shape index (κ3) is 1.42. The molecule has 0 aromatic heterocycles. The molecule has 2 fully saturated rings. The molecule has 0 aromatic rings. The zero-order valence-corrected chi connectivity index (χ0v) is 8.99. The summed E-state index contributed by atoms with van der Waals surface area (Å²) >= 11 is 0. The average Bonchev–Trinajstić information content (AvgIpc) is 2.51. The summed E-state index contributed by atoms with van der Waals surface area (Å²) in [4.78, 5) is 15.4. The van der Waals surface area contributed by atoms with Crippen LogP contribution < -0.4 is 17.2 Å². The standard InChI is InChI=1S/C10H18N4O/c1-6(15)7(11)4-9-2-3-10(9,5-9)14-8(12)13/h7H,2-5,11H2,1H3,(H4,12,13,14). The molecule has 3 atom stereocenters. The number of carbonyl (C=O) groups excluding carboxylic acids is 1. The van der Waals surface area contributed by atoms with Crippen LogP contribution in [0.2, 0.25) is 0 Å². The smallest absolute Gasteiger partial charge is 0.186 e. The molecule has 5 nitrogen and oxygen atoms in total. The number of aliphatic imine (C=N–C) groups is 1. The number of nitrogens with zero attached hydrogens (tertiary/aromatic N) is 1. The van der Waals surface area contributed by atoms with Crippen molar-refractivity contribution in [2.75, 3.05) is 0 Å². The molecule has 2 aliphatic rings. The van der Waals surface area contributed by atoms with Crippen molar-refractivity contribution in [2.45, 2.75) is 44.2 Å². The maximum Gasteiger partial charge on any atom is 0.186 e. The highest BCUT2D eigenvalue weighted by atomic mass is 16.1. The normalized spacial score (nSPS) is 38.5. The molecule has 2 rings (SSSR count). The van der Waals surface area contributed by atoms with Crippen molar-refractivity contribution >= 4 is 11.7 Å². The quantitative estimate of drug-likeness (QED) is 0.429. The first-order valence-corrected chi connectivity index (χ1v) is 5.28. The van der Waals surface area contributed by atoms with Crippen LogP contribution in [0, 0.1) is 5.41 Å². The van der Waals surface area contributed by atoms with Gasteiger partial charge in [-0.25, -0.2) is 4.99 Å². The van der Waals surface area contributed by atoms with Gasteiger partial charge in [0.1, 0.15) is 5.78 Å². The van der Waals surface area contributed by atoms with Crippen LogP contribution in [0.1, 0.15) is 32.6 Å². The Bertz CT molecular complexity index is 336. The van der Waals surface area contributed by atoms with E-state index in [9.17, 15) is 4.79 Å². The topological polar surface area (TPSA) is 107 Å². The van der Waals surface area contributed by atoms with Crippen molar-refractivity contribution in [1.82, 2.24) is 0 Å². The first kappa shape index (κ1) is 10.4. The second kappa shape index (κ2) is 2.95. The van der Waals surface area contributed by atoms with Crippen LogP contribution in [0.4, 0.5) is 0 Å². The summed E-state index contributed by atoms with van der Waals surface area (Å²) in [7, 11) is 0. The van der Waals surface area contributed by atoms with Gasteiger partial charge >= 0.3 is 0 Å². The highest BCUT2D eigenvalue weighted by molar-refractivity contribution is 5.81. The number of hydrogen-bond donors (Lipinski definition) is 3. The number of rotatable bonds is 4. The summed E-state index contributed by atoms with van der Waals surface area (Å²) in [6.07, 6.45) is 3.82. The van der Waals surface area contributed by atoms with Gasteiger partial charge < -0.3 is 17.2 Å². The Morgan fingerprint density at radius 1 is 1.47 bits per heavy atom. The highest BCUT2D eigenvalue weighted by Crippen LogP contribution is 2.75. The Morgan fingerprint density at radius 2 is 2.13 bits per heavy atom. The van der Waals surface area contributed by atoms with E-state index < -0.39 is 0 Å². The predicted molar refractivity (Wildman–Crippen MR) is 58.1 cm³/mol. The fraction of sp³-hybridized carbons (Fsp3) is 0.800. The molecule has 0 spiro atoms. The van der Waals surface area contributed by atoms with Gasteiger partial charge in [0.05, 0.1) is 11.6 Å². The lowest BCUT2D eigenvalue weighted by Gasteiger charge is -2.34. The van der Waals surface area contributed by atoms with Gasteiger partial charge in [0.25, 0.3) is 0 Å². The summed E-state index contributed by atoms with van der Waals surface area (Å²) in [6.45, 7) is 1.53. The fourth-order valence-corrected chi connectivity index (χ4v) is 2.85. The third-order valence-corrected chi connectivity index (χ3v) is 3.99. The number of Topliss-reactive ketones (excluding diaryl/α,β-unsaturated/α-hetero) is 1. The van der Waals surface area contributed by atoms with E-state index in [4.69, 9.17) is 17.2 Å². The van der Waals surface area contributed by atoms with E-state index in [-0.39, 0.29) is 28.7 Å². The molecule has 0 saturated heterocycles. The Morgan fingerprint density at radius 3 is 2.53 bits per heavy atom. The van der Waals surface area contributed by atoms with E-state index in [0.717, 1.165) is 25.7 Å². The molecule has 84 valence electrons. The van der Waals surface area contributed by atoms with E-state index in [1.165, 1.54) is 6.92 Å². The van der Waals surface area contributed by atoms with Crippen LogP contribution in [0.25, 0.3) is 0 Å². The van der Waals surface area contributed by atoms with Crippen LogP contribution in [-0.2, 0) is 4.79 Å². The number of ketones is 1. The van der Waals surface area contributed by atoms with Crippen molar-refractivity contribution in [3.63, 3.8) is 0 Å². The minimum Gasteiger partial charge on any atom is -0.370 e. The maximum atomic E-state index is 11.1. The Balaban J connectivity index is 2.02. The molecule has 0 aromatic carbocycles. The second-order valence-electron chi connectivity index (χ2n) is 4.95. The number of nitrogens with two attached hydrogens (primary N) is 3. The summed E-state index contributed by atoms with van der Waals surface area (Å²) < 4.78 is 0. The maximum absolute atomic E-state index is 11.1. The van der Waals surface area contributed by atoms with Gasteiger partial charge in [-0.2, -0.15) is 0 Å². The van der Waals surface area contributed by atoms with Crippen LogP contribution >= 0.6 is 0 Å². The van der Waals surface area contributed by atoms with Crippen LogP contribution in [-0.4, -0.2) is 23.3 Å². The number of guanidine groups is 1. The predicted octanol–water partition coefficient (Wildman–Crippen LogP) is -0.511. The molecule has 3 unspecified atom stereocenters. The Kier molecular flexibility index (Phi) is 2.05. The van der Waals surface area contributed by atoms with E-state index in [1.54, 1.807) is 0 Å². The molecule has 2 aliphatic carbocycles. The number of carbonyl (C=O) groups is 1. The molecular formula is C10H18N4O. The van der Waals surface area contributed by atoms with E-state index in [2.05, 4.69) is 4.99 Å². The van der Waals surface area contributed by atoms with Gasteiger partial charge in [-0.3, -0.25) is 4.79 Å². The summed E-state index contributed by atoms with van der Waals surface area (Å²) in [5.74, 6) is 0.190. The van der Waals surface area contributed by atoms with Gasteiger partial charge in [-0.1, -0.05) is 0 Å². The van der Waals surface area contributed by atoms with Crippen LogP contribution in [0.3, 0.4) is 0 Å². The molecule has 0 aliphatic heterocycles. The SMILES string of the molecule is CC(=O)C(N)CC12CCC1(N=C(N)N)C2. The van der Waals surface area contributed by atoms with Gasteiger partial charge in [-0.15, -0.1) is 0 Å². The first-order valence-electron chi connectivity index (χ1n) is 5.28. The zero-order valence-electron chi connectivity index (χ0n) is 8.99. The molecule has 0 bridgehead atoms. The third-order valence-electron chi connectivity index (χ3n) is 3.99. The first-order chi connectivity index (χ1) is 6.91. The highest BCUT2D eigenvalue weighted by Gasteiger charge is 2.74. The lowest BCUT2D eigenvalue weighted by Crippen LogP contribution is -2.40. The van der Waals surface area contributed by atoms with Crippen molar-refractivity contribution in [2.24, 2.45) is 27.6 Å². The van der Waals surface area contributed by atoms with Gasteiger partial charge in [0.15, 0.2) is 5.96 Å². The largest absolute Gasteiger partial charge is 0.370 e. The molecule has 5 heteroatoms. The molecule has 0 amide bonds. The Labute approximate surface area is 89.1 Å². The molecule has 6 N–H and O–H groups in total. The van der Waals surface area contributed by atoms with Crippen LogP contribution in [0.15, 0.2) is 4.99 Å². The molecule has 15 heavy (non-hydrogen) atoms. The van der Waals surface area contributed by atoms with Crippen LogP contribution in [0.5, 0.6) is 0 Å². The molecular weight excluding hydrogens is 192 g/mol. The second-order valence-corrected chi connectivity index (χ2v) is 4.95. The summed E-state index contributed by atoms with van der Waals surface area (Å²) in [6, 6.07) is -0.360. The summed E-state index contributed by atoms with van der Waals surface area (Å²) in [5.41, 5.74) is 16.6. The van der Waals surface area contributed by atoms with E-state index in [0.29, 0.717) is 0 Å². The lowest BCUT2D eigenvalue weighted by molar-refractivity contribution is -0.118. The Hall–Kier alpha value is -1.10. The van der Waals surface area contributed by atoms with E-state index in [1.807, 2.05) is 0 Å². The minimum atomic E-state index is -0.360. The van der Waals surface area contributed by atoms with Gasteiger partial charge in [-0.05, 0) is 32.6 Å². The molecule has 0 radical (unpaired) electrons. The van der Waals surface area contributed by atoms with Crippen molar-refractivity contribution < 1.29 is 4.79 Å². The van der Waals surface area contributed by atoms with E-state index >= 15 is 0 Å². The molecule has 2 saturated carbocycles. The number of hydrogen-bond acceptors (Lipinski definition) is 3. The monoisotopic (exact) mass is 210 g/mol. The van der Waals surface area contributed by atoms with Crippen molar-refractivity contribution in [1.29, 1.82) is 0 Å². The fourth-order valence-electron chi connectivity index (χ4n) is 2.85. The lowest BCUT2D eigenvalue weighted by atomic mass is 9.75. The van der Waals surface area contributed by atoms with Crippen molar-refractivity contribution in [3.8, 4) is 0 Å². The van der Waals surface area contributed by atoms with Gasteiger partial charge in [0.2, 0.25) is 0 Å². The van der Waals surface area contributed by atoms with Gasteiger partial charge in [0, 0.05) is 5.41 Å².